The van der Waals surface area contributed by atoms with Crippen molar-refractivity contribution in [1.29, 1.82) is 0 Å². The zero-order valence-corrected chi connectivity index (χ0v) is 21.7. The predicted molar refractivity (Wildman–Crippen MR) is 144 cm³/mol. The molecule has 6 nitrogen and oxygen atoms in total. The molecule has 1 aliphatic heterocycles. The number of nitrogens with one attached hydrogen (secondary N) is 1. The fourth-order valence-corrected chi connectivity index (χ4v) is 4.71. The van der Waals surface area contributed by atoms with Crippen molar-refractivity contribution in [2.24, 2.45) is 0 Å². The molecule has 0 radical (unpaired) electrons. The first-order valence-electron chi connectivity index (χ1n) is 12.8. The van der Waals surface area contributed by atoms with Crippen LogP contribution in [0, 0.1) is 6.92 Å². The number of likely N-dealkylation sites (tertiary alicyclic amines) is 1. The Morgan fingerprint density at radius 2 is 1.69 bits per heavy atom. The second-order valence-electron chi connectivity index (χ2n) is 11.0. The van der Waals surface area contributed by atoms with E-state index in [1.807, 2.05) is 12.1 Å². The third kappa shape index (κ3) is 5.34. The number of carbonyl (C=O) groups is 1. The number of benzene rings is 2. The summed E-state index contributed by atoms with van der Waals surface area (Å²) in [5, 5.41) is 8.08. The van der Waals surface area contributed by atoms with Crippen LogP contribution in [-0.4, -0.2) is 44.5 Å². The highest BCUT2D eigenvalue weighted by Crippen LogP contribution is 2.26. The van der Waals surface area contributed by atoms with E-state index in [0.717, 1.165) is 49.4 Å². The second kappa shape index (κ2) is 9.86. The van der Waals surface area contributed by atoms with Gasteiger partial charge in [-0.25, -0.2) is 9.50 Å². The van der Waals surface area contributed by atoms with E-state index in [-0.39, 0.29) is 17.4 Å². The lowest BCUT2D eigenvalue weighted by Gasteiger charge is -2.32. The van der Waals surface area contributed by atoms with E-state index in [1.165, 1.54) is 11.1 Å². The summed E-state index contributed by atoms with van der Waals surface area (Å²) >= 11 is 0. The minimum Gasteiger partial charge on any atom is -0.348 e. The van der Waals surface area contributed by atoms with E-state index in [2.05, 4.69) is 92.5 Å². The van der Waals surface area contributed by atoms with Gasteiger partial charge in [-0.1, -0.05) is 80.9 Å². The van der Waals surface area contributed by atoms with Crippen molar-refractivity contribution in [2.75, 3.05) is 13.1 Å². The molecule has 186 valence electrons. The van der Waals surface area contributed by atoms with Crippen LogP contribution in [0.1, 0.15) is 60.9 Å². The lowest BCUT2D eigenvalue weighted by atomic mass is 9.93. The Morgan fingerprint density at radius 1 is 1.00 bits per heavy atom. The molecule has 6 heteroatoms. The van der Waals surface area contributed by atoms with Crippen LogP contribution in [-0.2, 0) is 12.0 Å². The molecular formula is C30H35N5O. The number of fused-ring (bicyclic) bond motifs is 1. The van der Waals surface area contributed by atoms with E-state index in [9.17, 15) is 4.79 Å². The maximum absolute atomic E-state index is 13.6. The Labute approximate surface area is 213 Å². The lowest BCUT2D eigenvalue weighted by molar-refractivity contribution is 0.0901. The number of aryl methyl sites for hydroxylation is 1. The van der Waals surface area contributed by atoms with Gasteiger partial charge in [-0.05, 0) is 31.4 Å². The van der Waals surface area contributed by atoms with Crippen molar-refractivity contribution in [2.45, 2.75) is 58.5 Å². The number of piperidine rings is 1. The molecule has 1 saturated heterocycles. The maximum atomic E-state index is 13.6. The van der Waals surface area contributed by atoms with Crippen LogP contribution in [0.2, 0.25) is 0 Å². The first-order chi connectivity index (χ1) is 17.3. The van der Waals surface area contributed by atoms with Crippen molar-refractivity contribution in [3.63, 3.8) is 0 Å². The number of carbonyl (C=O) groups excluding carboxylic acids is 1. The maximum Gasteiger partial charge on any atom is 0.270 e. The highest BCUT2D eigenvalue weighted by molar-refractivity contribution is 5.94. The van der Waals surface area contributed by atoms with Crippen molar-refractivity contribution in [3.05, 3.63) is 89.2 Å². The SMILES string of the molecule is Cc1ccc(-c2cc(C(=O)NC3CCN(Cc4ccccc4)CC3)n3nc(C(C)(C)C)cc3n2)cc1. The summed E-state index contributed by atoms with van der Waals surface area (Å²) < 4.78 is 1.71. The molecule has 5 rings (SSSR count). The van der Waals surface area contributed by atoms with Crippen LogP contribution < -0.4 is 5.32 Å². The summed E-state index contributed by atoms with van der Waals surface area (Å²) in [5.41, 5.74) is 6.29. The molecule has 2 aromatic carbocycles. The van der Waals surface area contributed by atoms with Crippen LogP contribution in [0.3, 0.4) is 0 Å². The molecule has 0 atom stereocenters. The fourth-order valence-electron chi connectivity index (χ4n) is 4.71. The lowest BCUT2D eigenvalue weighted by Crippen LogP contribution is -2.44. The Bertz CT molecular complexity index is 1340. The number of hydrogen-bond donors (Lipinski definition) is 1. The van der Waals surface area contributed by atoms with Gasteiger partial charge in [-0.3, -0.25) is 9.69 Å². The molecule has 3 heterocycles. The number of hydrogen-bond acceptors (Lipinski definition) is 4. The zero-order valence-electron chi connectivity index (χ0n) is 21.7. The van der Waals surface area contributed by atoms with E-state index < -0.39 is 0 Å². The van der Waals surface area contributed by atoms with Crippen molar-refractivity contribution in [1.82, 2.24) is 24.8 Å². The average molecular weight is 482 g/mol. The molecule has 1 amide bonds. The van der Waals surface area contributed by atoms with Gasteiger partial charge in [-0.2, -0.15) is 5.10 Å². The first kappa shape index (κ1) is 24.2. The highest BCUT2D eigenvalue weighted by atomic mass is 16.2. The average Bonchev–Trinajstić information content (AvgIpc) is 3.31. The molecule has 0 unspecified atom stereocenters. The molecule has 1 N–H and O–H groups in total. The van der Waals surface area contributed by atoms with Gasteiger partial charge >= 0.3 is 0 Å². The molecule has 1 fully saturated rings. The van der Waals surface area contributed by atoms with Gasteiger partial charge in [0, 0.05) is 42.7 Å². The van der Waals surface area contributed by atoms with Crippen molar-refractivity contribution < 1.29 is 4.79 Å². The van der Waals surface area contributed by atoms with Gasteiger partial charge in [0.05, 0.1) is 11.4 Å². The van der Waals surface area contributed by atoms with E-state index >= 15 is 0 Å². The number of amides is 1. The van der Waals surface area contributed by atoms with Gasteiger partial charge in [-0.15, -0.1) is 0 Å². The summed E-state index contributed by atoms with van der Waals surface area (Å²) in [7, 11) is 0. The van der Waals surface area contributed by atoms with Crippen LogP contribution in [0.4, 0.5) is 0 Å². The predicted octanol–water partition coefficient (Wildman–Crippen LogP) is 5.40. The van der Waals surface area contributed by atoms with Crippen LogP contribution in [0.15, 0.2) is 66.7 Å². The molecule has 2 aromatic heterocycles. The number of aromatic nitrogens is 3. The second-order valence-corrected chi connectivity index (χ2v) is 11.0. The fraction of sp³-hybridized carbons (Fsp3) is 0.367. The third-order valence-electron chi connectivity index (χ3n) is 6.95. The largest absolute Gasteiger partial charge is 0.348 e. The summed E-state index contributed by atoms with van der Waals surface area (Å²) in [5.74, 6) is -0.0965. The highest BCUT2D eigenvalue weighted by Gasteiger charge is 2.25. The van der Waals surface area contributed by atoms with Gasteiger partial charge in [0.25, 0.3) is 5.91 Å². The van der Waals surface area contributed by atoms with Gasteiger partial charge < -0.3 is 5.32 Å². The van der Waals surface area contributed by atoms with Crippen molar-refractivity contribution >= 4 is 11.6 Å². The molecule has 36 heavy (non-hydrogen) atoms. The van der Waals surface area contributed by atoms with E-state index in [4.69, 9.17) is 10.1 Å². The molecular weight excluding hydrogens is 446 g/mol. The van der Waals surface area contributed by atoms with E-state index in [0.29, 0.717) is 11.3 Å². The quantitative estimate of drug-likeness (QED) is 0.415. The molecule has 0 bridgehead atoms. The third-order valence-corrected chi connectivity index (χ3v) is 6.95. The Hall–Kier alpha value is -3.51. The summed E-state index contributed by atoms with van der Waals surface area (Å²) in [6.07, 6.45) is 1.87. The van der Waals surface area contributed by atoms with Gasteiger partial charge in [0.1, 0.15) is 5.69 Å². The Kier molecular flexibility index (Phi) is 6.63. The Balaban J connectivity index is 1.37. The monoisotopic (exact) mass is 481 g/mol. The first-order valence-corrected chi connectivity index (χ1v) is 12.8. The standard InChI is InChI=1S/C30H35N5O/c1-21-10-12-23(13-11-21)25-18-26(35-28(32-25)19-27(33-35)30(2,3)4)29(36)31-24-14-16-34(17-15-24)20-22-8-6-5-7-9-22/h5-13,18-19,24H,14-17,20H2,1-4H3,(H,31,36). The summed E-state index contributed by atoms with van der Waals surface area (Å²) in [4.78, 5) is 20.9. The smallest absolute Gasteiger partial charge is 0.270 e. The molecule has 4 aromatic rings. The Morgan fingerprint density at radius 3 is 2.36 bits per heavy atom. The molecule has 0 spiro atoms. The minimum atomic E-state index is -0.142. The molecule has 0 saturated carbocycles. The number of rotatable bonds is 5. The van der Waals surface area contributed by atoms with E-state index in [1.54, 1.807) is 4.52 Å². The van der Waals surface area contributed by atoms with Crippen LogP contribution in [0.5, 0.6) is 0 Å². The van der Waals surface area contributed by atoms with Gasteiger partial charge in [0.15, 0.2) is 5.65 Å². The normalized spacial score (nSPS) is 15.3. The van der Waals surface area contributed by atoms with Gasteiger partial charge in [0.2, 0.25) is 0 Å². The summed E-state index contributed by atoms with van der Waals surface area (Å²) in [6, 6.07) is 22.8. The topological polar surface area (TPSA) is 62.5 Å². The molecule has 0 aliphatic carbocycles. The van der Waals surface area contributed by atoms with Crippen LogP contribution in [0.25, 0.3) is 16.9 Å². The molecule has 1 aliphatic rings. The number of nitrogens with zero attached hydrogens (tertiary/aromatic N) is 4. The van der Waals surface area contributed by atoms with Crippen molar-refractivity contribution in [3.8, 4) is 11.3 Å². The summed E-state index contributed by atoms with van der Waals surface area (Å²) in [6.45, 7) is 11.3. The zero-order chi connectivity index (χ0) is 25.3. The minimum absolute atomic E-state index is 0.0965. The van der Waals surface area contributed by atoms with Crippen LogP contribution >= 0.6 is 0 Å².